The van der Waals surface area contributed by atoms with E-state index in [4.69, 9.17) is 22.8 Å². The number of aliphatic hydroxyl groups is 1. The minimum Gasteiger partial charge on any atom is -0.544 e. The van der Waals surface area contributed by atoms with E-state index < -0.39 is 31.1 Å². The summed E-state index contributed by atoms with van der Waals surface area (Å²) in [5, 5.41) is 24.6. The van der Waals surface area contributed by atoms with Crippen molar-refractivity contribution in [2.24, 2.45) is 0 Å². The lowest BCUT2D eigenvalue weighted by atomic mass is 9.86. The molecule has 1 unspecified atom stereocenters. The highest BCUT2D eigenvalue weighted by atomic mass is 28.4. The number of likely N-dealkylation sites (tertiary alicyclic amines) is 1. The molecular weight excluding hydrogens is 799 g/mol. The summed E-state index contributed by atoms with van der Waals surface area (Å²) in [6.07, 6.45) is 4.63. The number of allylic oxidation sites excluding steroid dienone is 2. The molecule has 11 heteroatoms. The van der Waals surface area contributed by atoms with Gasteiger partial charge in [0.15, 0.2) is 0 Å². The van der Waals surface area contributed by atoms with Crippen LogP contribution in [0.25, 0.3) is 11.1 Å². The first-order chi connectivity index (χ1) is 27.7. The van der Waals surface area contributed by atoms with Crippen LogP contribution in [0, 0.1) is 0 Å². The van der Waals surface area contributed by atoms with Gasteiger partial charge in [0.25, 0.3) is 0 Å². The molecule has 3 aromatic rings. The summed E-state index contributed by atoms with van der Waals surface area (Å²) in [4.78, 5) is 2.46. The van der Waals surface area contributed by atoms with Crippen molar-refractivity contribution in [1.29, 1.82) is 0 Å². The van der Waals surface area contributed by atoms with Gasteiger partial charge in [-0.1, -0.05) is 80.9 Å². The molecule has 8 nitrogen and oxygen atoms in total. The molecular formula is C49H75NO7Si3. The second kappa shape index (κ2) is 18.1. The molecule has 60 heavy (non-hydrogen) atoms. The van der Waals surface area contributed by atoms with Crippen molar-refractivity contribution >= 4 is 36.1 Å². The van der Waals surface area contributed by atoms with Crippen LogP contribution in [0.2, 0.25) is 54.4 Å². The molecule has 2 aliphatic heterocycles. The Morgan fingerprint density at radius 2 is 1.15 bits per heavy atom. The van der Waals surface area contributed by atoms with E-state index in [-0.39, 0.29) is 27.5 Å². The smallest absolute Gasteiger partial charge is 0.250 e. The topological polar surface area (TPSA) is 89.9 Å². The number of rotatable bonds is 13. The molecule has 0 bridgehead atoms. The SMILES string of the molecule is CC(C)(C)[Si](C)(C)OC1=C/C(c2ccc(O[Si](C)(C)C(C)(C)C)cc2O)=C(/C(O)c2ccc(OCCN3CCCCC3)cc2)c2ccc(O[Si](C)(C)C(C)(C)C)cc2OC1. The number of phenolic OH excluding ortho intramolecular Hbond substituents is 1. The van der Waals surface area contributed by atoms with Gasteiger partial charge >= 0.3 is 0 Å². The maximum absolute atomic E-state index is 12.7. The standard InChI is InChI=1S/C49H75NO7Si3/c1-47(2,3)58(10,11)55-37-23-25-40(43(51)32-37)42-31-39(57-60(14,15)49(7,8)9)34-54-44-33-38(56-59(12,13)48(4,5)6)24-26-41(44)45(42)46(52)35-19-21-36(22-20-35)53-30-29-50-27-17-16-18-28-50/h19-26,31-33,46,51-52H,16-18,27-30,34H2,1-15H3/b39-31?,45-42-. The molecule has 1 fully saturated rings. The van der Waals surface area contributed by atoms with Gasteiger partial charge in [0, 0.05) is 35.4 Å². The molecule has 0 spiro atoms. The van der Waals surface area contributed by atoms with Gasteiger partial charge in [-0.05, 0) is 134 Å². The minimum absolute atomic E-state index is 0.0130. The van der Waals surface area contributed by atoms with Crippen molar-refractivity contribution in [1.82, 2.24) is 4.90 Å². The van der Waals surface area contributed by atoms with E-state index in [1.165, 1.54) is 19.3 Å². The molecule has 3 aromatic carbocycles. The first-order valence-corrected chi connectivity index (χ1v) is 30.7. The molecule has 1 atom stereocenters. The number of hydrogen-bond acceptors (Lipinski definition) is 8. The fourth-order valence-corrected chi connectivity index (χ4v) is 9.75. The minimum atomic E-state index is -2.37. The van der Waals surface area contributed by atoms with Gasteiger partial charge in [0.2, 0.25) is 25.0 Å². The van der Waals surface area contributed by atoms with Crippen molar-refractivity contribution in [3.63, 3.8) is 0 Å². The fourth-order valence-electron chi connectivity index (χ4n) is 6.63. The Morgan fingerprint density at radius 3 is 1.68 bits per heavy atom. The Hall–Kier alpha value is -3.49. The molecule has 330 valence electrons. The predicted octanol–water partition coefficient (Wildman–Crippen LogP) is 13.0. The Labute approximate surface area is 365 Å². The molecule has 0 radical (unpaired) electrons. The van der Waals surface area contributed by atoms with Gasteiger partial charge in [-0.2, -0.15) is 0 Å². The van der Waals surface area contributed by atoms with Crippen LogP contribution >= 0.6 is 0 Å². The summed E-state index contributed by atoms with van der Waals surface area (Å²) in [6, 6.07) is 19.1. The first kappa shape index (κ1) is 47.6. The number of aromatic hydroxyl groups is 1. The zero-order valence-corrected chi connectivity index (χ0v) is 42.5. The molecule has 0 aromatic heterocycles. The molecule has 0 saturated carbocycles. The summed E-state index contributed by atoms with van der Waals surface area (Å²) in [5.41, 5.74) is 3.14. The van der Waals surface area contributed by atoms with E-state index in [1.807, 2.05) is 60.7 Å². The summed E-state index contributed by atoms with van der Waals surface area (Å²) in [7, 11) is -6.79. The van der Waals surface area contributed by atoms with Crippen LogP contribution in [0.3, 0.4) is 0 Å². The first-order valence-electron chi connectivity index (χ1n) is 21.9. The van der Waals surface area contributed by atoms with E-state index in [0.717, 1.165) is 25.4 Å². The highest BCUT2D eigenvalue weighted by Crippen LogP contribution is 2.48. The van der Waals surface area contributed by atoms with Crippen molar-refractivity contribution in [3.8, 4) is 28.7 Å². The van der Waals surface area contributed by atoms with Crippen molar-refractivity contribution in [2.75, 3.05) is 32.8 Å². The average Bonchev–Trinajstić information content (AvgIpc) is 3.12. The summed E-state index contributed by atoms with van der Waals surface area (Å²) in [5.74, 6) is 3.33. The number of aliphatic hydroxyl groups excluding tert-OH is 1. The lowest BCUT2D eigenvalue weighted by Gasteiger charge is -2.38. The van der Waals surface area contributed by atoms with Gasteiger partial charge < -0.3 is 33.0 Å². The fraction of sp³-hybridized carbons (Fsp3) is 0.551. The Balaban J connectivity index is 1.68. The highest BCUT2D eigenvalue weighted by Gasteiger charge is 2.42. The van der Waals surface area contributed by atoms with E-state index in [2.05, 4.69) is 106 Å². The third kappa shape index (κ3) is 11.3. The maximum Gasteiger partial charge on any atom is 0.250 e. The van der Waals surface area contributed by atoms with Gasteiger partial charge in [-0.3, -0.25) is 4.90 Å². The van der Waals surface area contributed by atoms with Crippen molar-refractivity contribution in [2.45, 2.75) is 142 Å². The van der Waals surface area contributed by atoms with Crippen LogP contribution in [0.5, 0.6) is 28.7 Å². The van der Waals surface area contributed by atoms with Gasteiger partial charge in [-0.15, -0.1) is 0 Å². The summed E-state index contributed by atoms with van der Waals surface area (Å²) < 4.78 is 33.4. The number of phenols is 1. The lowest BCUT2D eigenvalue weighted by molar-refractivity contribution is 0.183. The summed E-state index contributed by atoms with van der Waals surface area (Å²) in [6.45, 7) is 37.1. The normalized spacial score (nSPS) is 18.0. The van der Waals surface area contributed by atoms with Crippen LogP contribution in [-0.2, 0) is 4.43 Å². The Bertz CT molecular complexity index is 2010. The third-order valence-corrected chi connectivity index (χ3v) is 26.7. The lowest BCUT2D eigenvalue weighted by Crippen LogP contribution is -2.43. The van der Waals surface area contributed by atoms with Crippen LogP contribution in [0.1, 0.15) is 104 Å². The molecule has 2 N–H and O–H groups in total. The molecule has 5 rings (SSSR count). The second-order valence-electron chi connectivity index (χ2n) is 21.4. The highest BCUT2D eigenvalue weighted by molar-refractivity contribution is 6.75. The molecule has 0 amide bonds. The number of nitrogens with zero attached hydrogens (tertiary/aromatic N) is 1. The van der Waals surface area contributed by atoms with E-state index >= 15 is 0 Å². The van der Waals surface area contributed by atoms with Gasteiger partial charge in [-0.25, -0.2) is 0 Å². The maximum atomic E-state index is 12.7. The zero-order valence-electron chi connectivity index (χ0n) is 39.5. The molecule has 0 aliphatic carbocycles. The average molecular weight is 874 g/mol. The van der Waals surface area contributed by atoms with Crippen LogP contribution in [0.4, 0.5) is 0 Å². The molecule has 1 saturated heterocycles. The second-order valence-corrected chi connectivity index (χ2v) is 35.5. The Morgan fingerprint density at radius 1 is 0.650 bits per heavy atom. The van der Waals surface area contributed by atoms with Crippen LogP contribution in [-0.4, -0.2) is 72.9 Å². The van der Waals surface area contributed by atoms with E-state index in [0.29, 0.717) is 57.5 Å². The van der Waals surface area contributed by atoms with E-state index in [9.17, 15) is 10.2 Å². The largest absolute Gasteiger partial charge is 0.544 e. The summed E-state index contributed by atoms with van der Waals surface area (Å²) >= 11 is 0. The monoisotopic (exact) mass is 873 g/mol. The third-order valence-electron chi connectivity index (χ3n) is 13.6. The Kier molecular flexibility index (Phi) is 14.3. The predicted molar refractivity (Wildman–Crippen MR) is 256 cm³/mol. The molecule has 2 heterocycles. The van der Waals surface area contributed by atoms with Crippen molar-refractivity contribution in [3.05, 3.63) is 89.2 Å². The number of piperidine rings is 1. The van der Waals surface area contributed by atoms with Gasteiger partial charge in [0.1, 0.15) is 53.8 Å². The number of ether oxygens (including phenoxy) is 2. The van der Waals surface area contributed by atoms with Crippen molar-refractivity contribution < 1.29 is 33.0 Å². The van der Waals surface area contributed by atoms with Gasteiger partial charge in [0.05, 0.1) is 0 Å². The van der Waals surface area contributed by atoms with Crippen LogP contribution in [0.15, 0.2) is 72.5 Å². The van der Waals surface area contributed by atoms with E-state index in [1.54, 1.807) is 6.07 Å². The number of benzene rings is 3. The number of fused-ring (bicyclic) bond motifs is 1. The van der Waals surface area contributed by atoms with Crippen LogP contribution < -0.4 is 18.3 Å². The quantitative estimate of drug-likeness (QED) is 0.164. The zero-order chi connectivity index (χ0) is 44.5. The number of hydrogen-bond donors (Lipinski definition) is 2. The molecule has 2 aliphatic rings.